The van der Waals surface area contributed by atoms with Crippen molar-refractivity contribution in [2.24, 2.45) is 0 Å². The van der Waals surface area contributed by atoms with Crippen molar-refractivity contribution in [3.63, 3.8) is 0 Å². The van der Waals surface area contributed by atoms with Gasteiger partial charge in [0.2, 0.25) is 0 Å². The maximum absolute atomic E-state index is 10.7. The van der Waals surface area contributed by atoms with Crippen LogP contribution in [0.25, 0.3) is 0 Å². The first-order valence-electron chi connectivity index (χ1n) is 6.56. The molecule has 1 heterocycles. The second-order valence-corrected chi connectivity index (χ2v) is 6.02. The third kappa shape index (κ3) is 2.99. The lowest BCUT2D eigenvalue weighted by atomic mass is 10.0. The van der Waals surface area contributed by atoms with E-state index >= 15 is 0 Å². The van der Waals surface area contributed by atoms with Crippen LogP contribution in [0.4, 0.5) is 0 Å². The summed E-state index contributed by atoms with van der Waals surface area (Å²) in [5.41, 5.74) is 1.78. The first-order chi connectivity index (χ1) is 10.0. The predicted octanol–water partition coefficient (Wildman–Crippen LogP) is 3.47. The van der Waals surface area contributed by atoms with Gasteiger partial charge in [0.05, 0.1) is 26.9 Å². The molecule has 0 amide bonds. The van der Waals surface area contributed by atoms with E-state index in [1.54, 1.807) is 44.8 Å². The number of rotatable bonds is 5. The molecule has 21 heavy (non-hydrogen) atoms. The Hall–Kier alpha value is -1.72. The van der Waals surface area contributed by atoms with E-state index in [9.17, 15) is 5.11 Å². The fourth-order valence-corrected chi connectivity index (χ4v) is 3.22. The van der Waals surface area contributed by atoms with E-state index in [1.165, 1.54) is 10.4 Å². The Labute approximate surface area is 128 Å². The summed E-state index contributed by atoms with van der Waals surface area (Å²) in [6, 6.07) is 5.48. The van der Waals surface area contributed by atoms with Crippen LogP contribution in [-0.2, 0) is 0 Å². The third-order valence-electron chi connectivity index (χ3n) is 3.48. The van der Waals surface area contributed by atoms with Crippen LogP contribution in [0.15, 0.2) is 18.2 Å². The molecule has 5 heteroatoms. The van der Waals surface area contributed by atoms with Crippen molar-refractivity contribution in [3.8, 4) is 17.2 Å². The number of benzene rings is 1. The summed E-state index contributed by atoms with van der Waals surface area (Å²) >= 11 is 1.57. The lowest BCUT2D eigenvalue weighted by molar-refractivity contribution is 0.212. The maximum atomic E-state index is 10.7. The minimum atomic E-state index is -0.793. The van der Waals surface area contributed by atoms with E-state index in [0.29, 0.717) is 22.8 Å². The largest absolute Gasteiger partial charge is 0.496 e. The number of aryl methyl sites for hydroxylation is 2. The van der Waals surface area contributed by atoms with Crippen LogP contribution in [0.3, 0.4) is 0 Å². The van der Waals surface area contributed by atoms with E-state index in [-0.39, 0.29) is 0 Å². The highest BCUT2D eigenvalue weighted by molar-refractivity contribution is 7.12. The van der Waals surface area contributed by atoms with Crippen molar-refractivity contribution in [3.05, 3.63) is 39.1 Å². The maximum Gasteiger partial charge on any atom is 0.132 e. The third-order valence-corrected chi connectivity index (χ3v) is 4.69. The molecule has 0 bridgehead atoms. The molecular weight excluding hydrogens is 288 g/mol. The zero-order valence-electron chi connectivity index (χ0n) is 12.9. The molecular formula is C16H20O4S. The molecule has 0 aliphatic rings. The van der Waals surface area contributed by atoms with Gasteiger partial charge in [-0.1, -0.05) is 0 Å². The van der Waals surface area contributed by atoms with Crippen LogP contribution in [0.1, 0.15) is 27.0 Å². The van der Waals surface area contributed by atoms with Crippen LogP contribution in [0.2, 0.25) is 0 Å². The SMILES string of the molecule is COc1cc(OC)c(C(O)c2cc(C)c(C)s2)c(OC)c1. The second-order valence-electron chi connectivity index (χ2n) is 4.74. The van der Waals surface area contributed by atoms with Crippen molar-refractivity contribution < 1.29 is 19.3 Å². The molecule has 0 aliphatic carbocycles. The van der Waals surface area contributed by atoms with E-state index in [0.717, 1.165) is 4.88 Å². The van der Waals surface area contributed by atoms with Gasteiger partial charge in [0.1, 0.15) is 23.4 Å². The van der Waals surface area contributed by atoms with Gasteiger partial charge in [0, 0.05) is 21.9 Å². The molecule has 0 fully saturated rings. The highest BCUT2D eigenvalue weighted by Gasteiger charge is 2.23. The van der Waals surface area contributed by atoms with E-state index < -0.39 is 6.10 Å². The summed E-state index contributed by atoms with van der Waals surface area (Å²) in [4.78, 5) is 2.06. The fraction of sp³-hybridized carbons (Fsp3) is 0.375. The molecule has 1 atom stereocenters. The normalized spacial score (nSPS) is 12.1. The predicted molar refractivity (Wildman–Crippen MR) is 84.0 cm³/mol. The summed E-state index contributed by atoms with van der Waals surface area (Å²) in [6.45, 7) is 4.07. The van der Waals surface area contributed by atoms with Crippen LogP contribution in [-0.4, -0.2) is 26.4 Å². The molecule has 2 aromatic rings. The summed E-state index contributed by atoms with van der Waals surface area (Å²) in [6.07, 6.45) is -0.793. The number of thiophene rings is 1. The number of aliphatic hydroxyl groups excluding tert-OH is 1. The molecule has 114 valence electrons. The lowest BCUT2D eigenvalue weighted by Crippen LogP contribution is -2.04. The van der Waals surface area contributed by atoms with Crippen molar-refractivity contribution in [2.75, 3.05) is 21.3 Å². The Morgan fingerprint density at radius 1 is 0.952 bits per heavy atom. The number of methoxy groups -OCH3 is 3. The van der Waals surface area contributed by atoms with Crippen molar-refractivity contribution in [1.82, 2.24) is 0 Å². The summed E-state index contributed by atoms with van der Waals surface area (Å²) < 4.78 is 16.0. The number of hydrogen-bond donors (Lipinski definition) is 1. The Bertz CT molecular complexity index is 589. The summed E-state index contributed by atoms with van der Waals surface area (Å²) in [5, 5.41) is 10.7. The van der Waals surface area contributed by atoms with Gasteiger partial charge in [-0.2, -0.15) is 0 Å². The van der Waals surface area contributed by atoms with E-state index in [4.69, 9.17) is 14.2 Å². The standard InChI is InChI=1S/C16H20O4S/c1-9-6-14(21-10(9)2)16(17)15-12(19-4)7-11(18-3)8-13(15)20-5/h6-8,16-17H,1-5H3. The van der Waals surface area contributed by atoms with Crippen LogP contribution < -0.4 is 14.2 Å². The molecule has 0 saturated carbocycles. The molecule has 0 saturated heterocycles. The molecule has 1 aromatic heterocycles. The zero-order valence-corrected chi connectivity index (χ0v) is 13.7. The van der Waals surface area contributed by atoms with Gasteiger partial charge in [0.15, 0.2) is 0 Å². The Morgan fingerprint density at radius 2 is 1.52 bits per heavy atom. The number of aliphatic hydroxyl groups is 1. The van der Waals surface area contributed by atoms with Crippen LogP contribution in [0, 0.1) is 13.8 Å². The lowest BCUT2D eigenvalue weighted by Gasteiger charge is -2.18. The van der Waals surface area contributed by atoms with Gasteiger partial charge in [0.25, 0.3) is 0 Å². The van der Waals surface area contributed by atoms with Gasteiger partial charge >= 0.3 is 0 Å². The highest BCUT2D eigenvalue weighted by atomic mass is 32.1. The smallest absolute Gasteiger partial charge is 0.132 e. The van der Waals surface area contributed by atoms with Crippen molar-refractivity contribution in [2.45, 2.75) is 20.0 Å². The summed E-state index contributed by atoms with van der Waals surface area (Å²) in [5.74, 6) is 1.71. The Kier molecular flexibility index (Phi) is 4.75. The highest BCUT2D eigenvalue weighted by Crippen LogP contribution is 2.42. The monoisotopic (exact) mass is 308 g/mol. The fourth-order valence-electron chi connectivity index (χ4n) is 2.18. The minimum Gasteiger partial charge on any atom is -0.496 e. The first kappa shape index (κ1) is 15.7. The topological polar surface area (TPSA) is 47.9 Å². The first-order valence-corrected chi connectivity index (χ1v) is 7.38. The minimum absolute atomic E-state index is 0.544. The zero-order chi connectivity index (χ0) is 15.6. The van der Waals surface area contributed by atoms with Gasteiger partial charge in [-0.15, -0.1) is 11.3 Å². The quantitative estimate of drug-likeness (QED) is 0.919. The van der Waals surface area contributed by atoms with Gasteiger partial charge in [-0.05, 0) is 25.5 Å². The van der Waals surface area contributed by atoms with Crippen LogP contribution in [0.5, 0.6) is 17.2 Å². The molecule has 0 radical (unpaired) electrons. The van der Waals surface area contributed by atoms with Gasteiger partial charge < -0.3 is 19.3 Å². The average molecular weight is 308 g/mol. The molecule has 2 rings (SSSR count). The second kappa shape index (κ2) is 6.37. The molecule has 4 nitrogen and oxygen atoms in total. The molecule has 0 spiro atoms. The number of hydrogen-bond acceptors (Lipinski definition) is 5. The summed E-state index contributed by atoms with van der Waals surface area (Å²) in [7, 11) is 4.71. The van der Waals surface area contributed by atoms with Crippen molar-refractivity contribution >= 4 is 11.3 Å². The molecule has 1 aromatic carbocycles. The van der Waals surface area contributed by atoms with Gasteiger partial charge in [-0.25, -0.2) is 0 Å². The average Bonchev–Trinajstić information content (AvgIpc) is 2.84. The van der Waals surface area contributed by atoms with E-state index in [1.807, 2.05) is 19.9 Å². The Morgan fingerprint density at radius 3 is 1.90 bits per heavy atom. The molecule has 1 unspecified atom stereocenters. The van der Waals surface area contributed by atoms with Crippen LogP contribution >= 0.6 is 11.3 Å². The number of ether oxygens (including phenoxy) is 3. The Balaban J connectivity index is 2.55. The molecule has 0 aliphatic heterocycles. The van der Waals surface area contributed by atoms with E-state index in [2.05, 4.69) is 0 Å². The van der Waals surface area contributed by atoms with Gasteiger partial charge in [-0.3, -0.25) is 0 Å². The van der Waals surface area contributed by atoms with Crippen molar-refractivity contribution in [1.29, 1.82) is 0 Å². The molecule has 1 N–H and O–H groups in total.